The van der Waals surface area contributed by atoms with Crippen molar-refractivity contribution in [1.29, 1.82) is 0 Å². The number of phenolic OH excluding ortho intramolecular Hbond substituents is 1. The third-order valence-corrected chi connectivity index (χ3v) is 3.79. The number of nitrogens with one attached hydrogen (secondary N) is 1. The van der Waals surface area contributed by atoms with E-state index in [1.54, 1.807) is 13.2 Å². The van der Waals surface area contributed by atoms with E-state index in [0.717, 1.165) is 12.1 Å². The van der Waals surface area contributed by atoms with E-state index in [0.29, 0.717) is 11.0 Å². The highest BCUT2D eigenvalue weighted by Crippen LogP contribution is 2.28. The third-order valence-electron chi connectivity index (χ3n) is 2.82. The molecule has 1 aromatic carbocycles. The Morgan fingerprint density at radius 3 is 2.65 bits per heavy atom. The van der Waals surface area contributed by atoms with E-state index >= 15 is 0 Å². The van der Waals surface area contributed by atoms with Gasteiger partial charge in [-0.25, -0.2) is 0 Å². The summed E-state index contributed by atoms with van der Waals surface area (Å²) in [5.74, 6) is 0.956. The second-order valence-electron chi connectivity index (χ2n) is 4.10. The molecule has 2 atom stereocenters. The molecule has 0 radical (unpaired) electrons. The van der Waals surface area contributed by atoms with Gasteiger partial charge in [-0.05, 0) is 19.2 Å². The molecule has 17 heavy (non-hydrogen) atoms. The number of ether oxygens (including phenoxy) is 1. The van der Waals surface area contributed by atoms with Crippen LogP contribution < -0.4 is 10.1 Å². The predicted octanol–water partition coefficient (Wildman–Crippen LogP) is 2.80. The summed E-state index contributed by atoms with van der Waals surface area (Å²) in [6.07, 6.45) is 2.10. The average Bonchev–Trinajstić information content (AvgIpc) is 2.35. The molecule has 0 bridgehead atoms. The molecule has 0 saturated heterocycles. The Morgan fingerprint density at radius 1 is 1.41 bits per heavy atom. The van der Waals surface area contributed by atoms with Crippen molar-refractivity contribution in [1.82, 2.24) is 5.32 Å². The Hall–Kier alpha value is -0.870. The Morgan fingerprint density at radius 2 is 2.12 bits per heavy atom. The molecule has 0 amide bonds. The van der Waals surface area contributed by atoms with Crippen LogP contribution in [0.1, 0.15) is 25.5 Å². The Kier molecular flexibility index (Phi) is 5.65. The molecule has 3 nitrogen and oxygen atoms in total. The van der Waals surface area contributed by atoms with E-state index in [2.05, 4.69) is 25.4 Å². The van der Waals surface area contributed by atoms with E-state index in [4.69, 9.17) is 4.74 Å². The van der Waals surface area contributed by atoms with Gasteiger partial charge in [0.25, 0.3) is 0 Å². The second-order valence-corrected chi connectivity index (χ2v) is 5.38. The first-order valence-corrected chi connectivity index (χ1v) is 7.00. The maximum absolute atomic E-state index is 9.89. The van der Waals surface area contributed by atoms with Crippen LogP contribution in [0.5, 0.6) is 11.5 Å². The molecule has 2 unspecified atom stereocenters. The van der Waals surface area contributed by atoms with Crippen LogP contribution in [0, 0.1) is 0 Å². The van der Waals surface area contributed by atoms with Crippen LogP contribution in [0.2, 0.25) is 0 Å². The van der Waals surface area contributed by atoms with Crippen molar-refractivity contribution >= 4 is 11.8 Å². The van der Waals surface area contributed by atoms with Crippen LogP contribution in [0.15, 0.2) is 18.2 Å². The first-order valence-electron chi connectivity index (χ1n) is 5.71. The molecular weight excluding hydrogens is 234 g/mol. The van der Waals surface area contributed by atoms with Crippen molar-refractivity contribution in [3.63, 3.8) is 0 Å². The van der Waals surface area contributed by atoms with Crippen LogP contribution in [0.4, 0.5) is 0 Å². The summed E-state index contributed by atoms with van der Waals surface area (Å²) in [5, 5.41) is 13.9. The first-order chi connectivity index (χ1) is 8.08. The quantitative estimate of drug-likeness (QED) is 0.820. The van der Waals surface area contributed by atoms with Crippen LogP contribution in [0.3, 0.4) is 0 Å². The third kappa shape index (κ3) is 4.13. The van der Waals surface area contributed by atoms with Gasteiger partial charge in [-0.2, -0.15) is 11.8 Å². The zero-order chi connectivity index (χ0) is 12.8. The Balaban J connectivity index is 2.65. The molecule has 1 rings (SSSR count). The molecule has 2 N–H and O–H groups in total. The van der Waals surface area contributed by atoms with Crippen LogP contribution in [-0.2, 0) is 0 Å². The van der Waals surface area contributed by atoms with E-state index < -0.39 is 0 Å². The molecule has 1 aromatic rings. The summed E-state index contributed by atoms with van der Waals surface area (Å²) < 4.78 is 5.06. The number of aromatic hydroxyl groups is 1. The molecule has 0 saturated carbocycles. The summed E-state index contributed by atoms with van der Waals surface area (Å²) in [6, 6.07) is 5.54. The number of thioether (sulfide) groups is 1. The zero-order valence-electron chi connectivity index (χ0n) is 10.9. The van der Waals surface area contributed by atoms with Gasteiger partial charge in [0.15, 0.2) is 0 Å². The Bertz CT molecular complexity index is 357. The summed E-state index contributed by atoms with van der Waals surface area (Å²) >= 11 is 1.83. The molecule has 0 fully saturated rings. The lowest BCUT2D eigenvalue weighted by atomic mass is 10.1. The maximum atomic E-state index is 9.89. The van der Waals surface area contributed by atoms with Crippen molar-refractivity contribution in [2.45, 2.75) is 25.1 Å². The number of methoxy groups -OCH3 is 1. The smallest absolute Gasteiger partial charge is 0.124 e. The lowest BCUT2D eigenvalue weighted by Gasteiger charge is -2.18. The van der Waals surface area contributed by atoms with Crippen molar-refractivity contribution in [2.24, 2.45) is 0 Å². The fourth-order valence-electron chi connectivity index (χ4n) is 1.55. The normalized spacial score (nSPS) is 14.4. The van der Waals surface area contributed by atoms with Crippen LogP contribution in [-0.4, -0.2) is 30.3 Å². The average molecular weight is 255 g/mol. The van der Waals surface area contributed by atoms with Gasteiger partial charge in [-0.3, -0.25) is 0 Å². The minimum atomic E-state index is 0.135. The lowest BCUT2D eigenvalue weighted by Crippen LogP contribution is -2.25. The molecule has 96 valence electrons. The summed E-state index contributed by atoms with van der Waals surface area (Å²) in [4.78, 5) is 0. The van der Waals surface area contributed by atoms with Gasteiger partial charge in [-0.15, -0.1) is 0 Å². The maximum Gasteiger partial charge on any atom is 0.124 e. The van der Waals surface area contributed by atoms with Gasteiger partial charge >= 0.3 is 0 Å². The largest absolute Gasteiger partial charge is 0.507 e. The van der Waals surface area contributed by atoms with E-state index in [9.17, 15) is 5.11 Å². The summed E-state index contributed by atoms with van der Waals surface area (Å²) in [5.41, 5.74) is 0.902. The standard InChI is InChI=1S/C13H21NO2S/c1-9(17-4)8-14-10(2)12-6-5-11(16-3)7-13(12)15/h5-7,9-10,14-15H,8H2,1-4H3. The molecule has 0 spiro atoms. The fraction of sp³-hybridized carbons (Fsp3) is 0.538. The lowest BCUT2D eigenvalue weighted by molar-refractivity contribution is 0.404. The predicted molar refractivity (Wildman–Crippen MR) is 74.1 cm³/mol. The van der Waals surface area contributed by atoms with Crippen molar-refractivity contribution < 1.29 is 9.84 Å². The van der Waals surface area contributed by atoms with Gasteiger partial charge in [0, 0.05) is 29.5 Å². The van der Waals surface area contributed by atoms with E-state index in [-0.39, 0.29) is 11.8 Å². The number of hydrogen-bond acceptors (Lipinski definition) is 4. The monoisotopic (exact) mass is 255 g/mol. The van der Waals surface area contributed by atoms with Crippen molar-refractivity contribution in [2.75, 3.05) is 19.9 Å². The van der Waals surface area contributed by atoms with Gasteiger partial charge in [0.05, 0.1) is 7.11 Å². The minimum Gasteiger partial charge on any atom is -0.507 e. The van der Waals surface area contributed by atoms with Gasteiger partial charge in [-0.1, -0.05) is 13.0 Å². The fourth-order valence-corrected chi connectivity index (χ4v) is 1.82. The van der Waals surface area contributed by atoms with Gasteiger partial charge < -0.3 is 15.2 Å². The minimum absolute atomic E-state index is 0.135. The summed E-state index contributed by atoms with van der Waals surface area (Å²) in [7, 11) is 1.59. The zero-order valence-corrected chi connectivity index (χ0v) is 11.7. The first kappa shape index (κ1) is 14.2. The summed E-state index contributed by atoms with van der Waals surface area (Å²) in [6.45, 7) is 5.15. The number of benzene rings is 1. The Labute approximate surface area is 108 Å². The van der Waals surface area contributed by atoms with Crippen LogP contribution in [0.25, 0.3) is 0 Å². The van der Waals surface area contributed by atoms with E-state index in [1.165, 1.54) is 0 Å². The molecule has 0 aliphatic carbocycles. The van der Waals surface area contributed by atoms with Crippen molar-refractivity contribution in [3.8, 4) is 11.5 Å². The highest BCUT2D eigenvalue weighted by Gasteiger charge is 2.11. The van der Waals surface area contributed by atoms with Crippen LogP contribution >= 0.6 is 11.8 Å². The molecular formula is C13H21NO2S. The highest BCUT2D eigenvalue weighted by atomic mass is 32.2. The second kappa shape index (κ2) is 6.77. The van der Waals surface area contributed by atoms with Gasteiger partial charge in [0.1, 0.15) is 11.5 Å². The number of hydrogen-bond donors (Lipinski definition) is 2. The van der Waals surface area contributed by atoms with Gasteiger partial charge in [0.2, 0.25) is 0 Å². The highest BCUT2D eigenvalue weighted by molar-refractivity contribution is 7.99. The molecule has 0 aromatic heterocycles. The number of phenols is 1. The SMILES string of the molecule is COc1ccc(C(C)NCC(C)SC)c(O)c1. The molecule has 4 heteroatoms. The molecule has 0 aliphatic heterocycles. The number of rotatable bonds is 6. The molecule has 0 heterocycles. The van der Waals surface area contributed by atoms with Crippen molar-refractivity contribution in [3.05, 3.63) is 23.8 Å². The molecule has 0 aliphatic rings. The van der Waals surface area contributed by atoms with E-state index in [1.807, 2.05) is 23.9 Å². The topological polar surface area (TPSA) is 41.5 Å².